The molecule has 0 aromatic rings. The van der Waals surface area contributed by atoms with Crippen molar-refractivity contribution in [2.24, 2.45) is 0 Å². The summed E-state index contributed by atoms with van der Waals surface area (Å²) in [7, 11) is 0.299. The van der Waals surface area contributed by atoms with Crippen molar-refractivity contribution < 1.29 is 9.01 Å². The fourth-order valence-corrected chi connectivity index (χ4v) is 0.158. The van der Waals surface area contributed by atoms with Crippen LogP contribution in [0.5, 0.6) is 0 Å². The minimum atomic E-state index is -0.220. The molecule has 0 unspecified atom stereocenters. The SMILES string of the molecule is CBOP=O. The van der Waals surface area contributed by atoms with Gasteiger partial charge in [-0.25, -0.2) is 4.57 Å². The van der Waals surface area contributed by atoms with Gasteiger partial charge in [0.15, 0.2) is 0 Å². The van der Waals surface area contributed by atoms with E-state index >= 15 is 0 Å². The van der Waals surface area contributed by atoms with Gasteiger partial charge in [0.1, 0.15) is 0 Å². The Morgan fingerprint density at radius 2 is 2.60 bits per heavy atom. The molecule has 0 atom stereocenters. The number of hydrogen-bond acceptors (Lipinski definition) is 2. The van der Waals surface area contributed by atoms with Gasteiger partial charge in [-0.15, -0.1) is 0 Å². The molecule has 0 aromatic heterocycles. The second kappa shape index (κ2) is 4.12. The summed E-state index contributed by atoms with van der Waals surface area (Å²) >= 11 is 0. The van der Waals surface area contributed by atoms with Crippen LogP contribution in [0.2, 0.25) is 6.82 Å². The predicted octanol–water partition coefficient (Wildman–Crippen LogP) is 0.609. The molecule has 2 nitrogen and oxygen atoms in total. The average molecular weight is 89.8 g/mol. The first-order valence-electron chi connectivity index (χ1n) is 1.36. The van der Waals surface area contributed by atoms with Gasteiger partial charge < -0.3 is 4.44 Å². The average Bonchev–Trinajstić information content (AvgIpc) is 1.41. The maximum Gasteiger partial charge on any atom is 0.310 e. The molecule has 0 aliphatic heterocycles. The molecule has 0 aromatic carbocycles. The van der Waals surface area contributed by atoms with E-state index in [4.69, 9.17) is 0 Å². The normalized spacial score (nSPS) is 8.20. The molecule has 0 aliphatic rings. The molecule has 28 valence electrons. The van der Waals surface area contributed by atoms with Crippen molar-refractivity contribution in [3.63, 3.8) is 0 Å². The summed E-state index contributed by atoms with van der Waals surface area (Å²) in [5, 5.41) is 0. The first-order chi connectivity index (χ1) is 2.41. The molecule has 0 radical (unpaired) electrons. The fourth-order valence-electron chi connectivity index (χ4n) is 0.0527. The Morgan fingerprint density at radius 3 is 2.60 bits per heavy atom. The van der Waals surface area contributed by atoms with Crippen molar-refractivity contribution in [1.82, 2.24) is 0 Å². The lowest BCUT2D eigenvalue weighted by atomic mass is 10.1. The molecule has 0 amide bonds. The van der Waals surface area contributed by atoms with Crippen molar-refractivity contribution in [3.05, 3.63) is 0 Å². The molecule has 0 saturated heterocycles. The molecule has 0 aliphatic carbocycles. The Balaban J connectivity index is 2.40. The number of hydrogen-bond donors (Lipinski definition) is 0. The van der Waals surface area contributed by atoms with Gasteiger partial charge in [0.05, 0.1) is 0 Å². The second-order valence-electron chi connectivity index (χ2n) is 0.492. The van der Waals surface area contributed by atoms with E-state index in [2.05, 4.69) is 4.44 Å². The molecule has 0 heterocycles. The van der Waals surface area contributed by atoms with Crippen LogP contribution in [0.4, 0.5) is 0 Å². The Bertz CT molecular complexity index is 30.8. The Morgan fingerprint density at radius 1 is 2.00 bits per heavy atom. The highest BCUT2D eigenvalue weighted by atomic mass is 31.1. The molecule has 5 heavy (non-hydrogen) atoms. The van der Waals surface area contributed by atoms with Crippen LogP contribution in [-0.4, -0.2) is 7.48 Å². The predicted molar refractivity (Wildman–Crippen MR) is 21.7 cm³/mol. The molecule has 0 rings (SSSR count). The van der Waals surface area contributed by atoms with Gasteiger partial charge in [0.2, 0.25) is 0 Å². The van der Waals surface area contributed by atoms with Gasteiger partial charge >= 0.3 is 8.69 Å². The third-order valence-corrected chi connectivity index (χ3v) is 0.545. The van der Waals surface area contributed by atoms with Crippen LogP contribution in [0.1, 0.15) is 0 Å². The summed E-state index contributed by atoms with van der Waals surface area (Å²) < 4.78 is 13.5. The van der Waals surface area contributed by atoms with E-state index in [9.17, 15) is 4.57 Å². The van der Waals surface area contributed by atoms with Crippen LogP contribution >= 0.6 is 8.69 Å². The van der Waals surface area contributed by atoms with Crippen molar-refractivity contribution in [1.29, 1.82) is 0 Å². The Labute approximate surface area is 33.1 Å². The van der Waals surface area contributed by atoms with E-state index in [1.54, 1.807) is 6.82 Å². The maximum atomic E-state index is 9.28. The number of rotatable bonds is 2. The Kier molecular flexibility index (Phi) is 4.23. The van der Waals surface area contributed by atoms with Crippen LogP contribution in [0.25, 0.3) is 0 Å². The highest BCUT2D eigenvalue weighted by Crippen LogP contribution is 1.87. The molecule has 0 fully saturated rings. The van der Waals surface area contributed by atoms with Crippen molar-refractivity contribution in [2.45, 2.75) is 6.82 Å². The highest BCUT2D eigenvalue weighted by molar-refractivity contribution is 7.19. The first kappa shape index (κ1) is 5.12. The third-order valence-electron chi connectivity index (χ3n) is 0.182. The van der Waals surface area contributed by atoms with Crippen LogP contribution in [-0.2, 0) is 9.01 Å². The van der Waals surface area contributed by atoms with E-state index in [0.29, 0.717) is 7.48 Å². The smallest absolute Gasteiger partial charge is 0.310 e. The molecule has 0 N–H and O–H groups in total. The van der Waals surface area contributed by atoms with Gasteiger partial charge in [0.25, 0.3) is 7.48 Å². The highest BCUT2D eigenvalue weighted by Gasteiger charge is 1.70. The van der Waals surface area contributed by atoms with Crippen molar-refractivity contribution in [3.8, 4) is 0 Å². The summed E-state index contributed by atoms with van der Waals surface area (Å²) in [6.07, 6.45) is 0. The standard InChI is InChI=1S/CH4BO2P/c1-2-4-5-3/h2H,1H3. The van der Waals surface area contributed by atoms with Crippen molar-refractivity contribution in [2.75, 3.05) is 0 Å². The lowest BCUT2D eigenvalue weighted by Crippen LogP contribution is -1.72. The molecular formula is CH4BO2P. The van der Waals surface area contributed by atoms with Crippen LogP contribution < -0.4 is 0 Å². The van der Waals surface area contributed by atoms with Gasteiger partial charge in [-0.1, -0.05) is 6.82 Å². The van der Waals surface area contributed by atoms with E-state index < -0.39 is 0 Å². The second-order valence-corrected chi connectivity index (χ2v) is 0.900. The zero-order valence-electron chi connectivity index (χ0n) is 2.97. The Hall–Kier alpha value is 0.125. The van der Waals surface area contributed by atoms with Crippen molar-refractivity contribution >= 4 is 16.2 Å². The summed E-state index contributed by atoms with van der Waals surface area (Å²) in [6, 6.07) is 0. The van der Waals surface area contributed by atoms with Crippen LogP contribution in [0, 0.1) is 0 Å². The molecule has 0 bridgehead atoms. The molecule has 4 heteroatoms. The molecule has 0 saturated carbocycles. The van der Waals surface area contributed by atoms with E-state index in [1.165, 1.54) is 0 Å². The monoisotopic (exact) mass is 90.0 g/mol. The third kappa shape index (κ3) is 4.12. The zero-order chi connectivity index (χ0) is 4.12. The molecular weight excluding hydrogens is 85.8 g/mol. The lowest BCUT2D eigenvalue weighted by Gasteiger charge is -1.69. The summed E-state index contributed by atoms with van der Waals surface area (Å²) in [5.41, 5.74) is 0. The summed E-state index contributed by atoms with van der Waals surface area (Å²) in [5.74, 6) is 0. The first-order valence-corrected chi connectivity index (χ1v) is 2.09. The fraction of sp³-hybridized carbons (Fsp3) is 1.00. The van der Waals surface area contributed by atoms with Gasteiger partial charge in [-0.3, -0.25) is 0 Å². The minimum absolute atomic E-state index is 0.220. The van der Waals surface area contributed by atoms with E-state index in [1.807, 2.05) is 0 Å². The minimum Gasteiger partial charge on any atom is -0.362 e. The van der Waals surface area contributed by atoms with Gasteiger partial charge in [-0.2, -0.15) is 0 Å². The zero-order valence-corrected chi connectivity index (χ0v) is 3.87. The topological polar surface area (TPSA) is 26.3 Å². The largest absolute Gasteiger partial charge is 0.362 e. The van der Waals surface area contributed by atoms with Gasteiger partial charge in [-0.05, 0) is 0 Å². The van der Waals surface area contributed by atoms with E-state index in [-0.39, 0.29) is 8.69 Å². The lowest BCUT2D eigenvalue weighted by molar-refractivity contribution is 0.540. The summed E-state index contributed by atoms with van der Waals surface area (Å²) in [4.78, 5) is 0. The van der Waals surface area contributed by atoms with Gasteiger partial charge in [0, 0.05) is 0 Å². The van der Waals surface area contributed by atoms with E-state index in [0.717, 1.165) is 0 Å². The van der Waals surface area contributed by atoms with Crippen LogP contribution in [0.3, 0.4) is 0 Å². The maximum absolute atomic E-state index is 9.28. The molecule has 0 spiro atoms. The quantitative estimate of drug-likeness (QED) is 0.366. The summed E-state index contributed by atoms with van der Waals surface area (Å²) in [6.45, 7) is 1.78. The van der Waals surface area contributed by atoms with Crippen LogP contribution in [0.15, 0.2) is 0 Å².